The number of ether oxygens (including phenoxy) is 7. The smallest absolute Gasteiger partial charge is 0.408 e. The summed E-state index contributed by atoms with van der Waals surface area (Å²) in [6.45, 7) is 16.9. The van der Waals surface area contributed by atoms with Crippen LogP contribution in [0.2, 0.25) is 0 Å². The number of alkyl carbamates (subject to hydrolysis) is 3. The van der Waals surface area contributed by atoms with Gasteiger partial charge in [-0.2, -0.15) is 0 Å². The number of nitrogens with one attached hydrogen (secondary N) is 5. The fourth-order valence-electron chi connectivity index (χ4n) is 7.85. The van der Waals surface area contributed by atoms with Crippen molar-refractivity contribution in [3.63, 3.8) is 0 Å². The molecule has 20 nitrogen and oxygen atoms in total. The van der Waals surface area contributed by atoms with Gasteiger partial charge in [0.2, 0.25) is 5.91 Å². The molecule has 1 aromatic heterocycles. The van der Waals surface area contributed by atoms with Gasteiger partial charge in [0.05, 0.1) is 58.4 Å². The minimum atomic E-state index is -1.33. The highest BCUT2D eigenvalue weighted by atomic mass is 16.6. The first-order valence-electron chi connectivity index (χ1n) is 26.0. The van der Waals surface area contributed by atoms with Crippen LogP contribution in [-0.4, -0.2) is 142 Å². The number of esters is 1. The van der Waals surface area contributed by atoms with Crippen molar-refractivity contribution < 1.29 is 61.9 Å². The zero-order chi connectivity index (χ0) is 57.3. The summed E-state index contributed by atoms with van der Waals surface area (Å²) in [4.78, 5) is 88.6. The molecule has 4 aromatic rings. The molecule has 0 aliphatic rings. The van der Waals surface area contributed by atoms with Crippen LogP contribution in [0.5, 0.6) is 0 Å². The Hall–Kier alpha value is -7.13. The Morgan fingerprint density at radius 2 is 1.12 bits per heavy atom. The van der Waals surface area contributed by atoms with Crippen molar-refractivity contribution in [2.75, 3.05) is 60.4 Å². The van der Waals surface area contributed by atoms with Crippen molar-refractivity contribution in [3.05, 3.63) is 126 Å². The lowest BCUT2D eigenvalue weighted by Crippen LogP contribution is -2.62. The molecule has 0 aliphatic carbocycles. The molecule has 5 amide bonds. The molecule has 0 bridgehead atoms. The fourth-order valence-corrected chi connectivity index (χ4v) is 7.85. The van der Waals surface area contributed by atoms with Gasteiger partial charge in [0.25, 0.3) is 5.91 Å². The van der Waals surface area contributed by atoms with Crippen molar-refractivity contribution in [2.45, 2.75) is 118 Å². The first-order chi connectivity index (χ1) is 36.9. The van der Waals surface area contributed by atoms with Gasteiger partial charge in [0.1, 0.15) is 36.4 Å². The molecule has 78 heavy (non-hydrogen) atoms. The number of pyridine rings is 1. The quantitative estimate of drug-likeness (QED) is 0.0167. The first kappa shape index (κ1) is 63.4. The standard InChI is InChI=1S/C58H81N7O13/c1-56(2,3)48(63-54(70)76-35-34-75-33-32-74-31-30-72-10)50(66)60-45(36-40-20-14-12-15-21-40)47(77-52(68)46(37-41-22-16-13-17-23-41)61-55(71)78-58(7,8)9)39-65(64-51(67)49(57(4,5)6)62-53(69)73-11)38-42-25-27-43(28-26-42)44-24-18-19-29-59-44/h12-29,45-49H,30-39H2,1-11H3,(H,60,66)(H,61,71)(H,62,69)(H,63,70)(H,64,67). The fraction of sp³-hybridized carbons (Fsp3) is 0.500. The van der Waals surface area contributed by atoms with Gasteiger partial charge in [-0.3, -0.25) is 20.0 Å². The van der Waals surface area contributed by atoms with Crippen molar-refractivity contribution >= 4 is 36.1 Å². The summed E-state index contributed by atoms with van der Waals surface area (Å²) in [5, 5.41) is 12.7. The Balaban J connectivity index is 1.82. The van der Waals surface area contributed by atoms with Gasteiger partial charge in [0.15, 0.2) is 0 Å². The number of hydrazine groups is 1. The van der Waals surface area contributed by atoms with E-state index in [-0.39, 0.29) is 45.8 Å². The number of nitrogens with zero attached hydrogens (tertiary/aromatic N) is 2. The van der Waals surface area contributed by atoms with Crippen LogP contribution in [0.1, 0.15) is 79.0 Å². The molecule has 20 heteroatoms. The normalized spacial score (nSPS) is 13.6. The topological polar surface area (TPSA) is 243 Å². The van der Waals surface area contributed by atoms with Gasteiger partial charge in [-0.05, 0) is 66.8 Å². The highest BCUT2D eigenvalue weighted by molar-refractivity contribution is 5.87. The van der Waals surface area contributed by atoms with E-state index in [2.05, 4.69) is 31.7 Å². The maximum absolute atomic E-state index is 15.0. The second-order valence-corrected chi connectivity index (χ2v) is 21.7. The van der Waals surface area contributed by atoms with E-state index in [0.29, 0.717) is 30.9 Å². The molecule has 3 aromatic carbocycles. The van der Waals surface area contributed by atoms with Crippen LogP contribution >= 0.6 is 0 Å². The van der Waals surface area contributed by atoms with Crippen LogP contribution in [-0.2, 0) is 66.9 Å². The van der Waals surface area contributed by atoms with E-state index < -0.39 is 82.8 Å². The second kappa shape index (κ2) is 31.3. The summed E-state index contributed by atoms with van der Waals surface area (Å²) in [6, 6.07) is 26.5. The molecule has 5 unspecified atom stereocenters. The largest absolute Gasteiger partial charge is 0.457 e. The van der Waals surface area contributed by atoms with E-state index in [4.69, 9.17) is 33.2 Å². The number of benzene rings is 3. The van der Waals surface area contributed by atoms with Crippen molar-refractivity contribution in [2.24, 2.45) is 10.8 Å². The van der Waals surface area contributed by atoms with Gasteiger partial charge < -0.3 is 54.4 Å². The molecule has 5 N–H and O–H groups in total. The number of rotatable bonds is 28. The molecule has 0 spiro atoms. The zero-order valence-corrected chi connectivity index (χ0v) is 47.1. The Kier molecular flexibility index (Phi) is 25.5. The summed E-state index contributed by atoms with van der Waals surface area (Å²) >= 11 is 0. The van der Waals surface area contributed by atoms with Crippen molar-refractivity contribution in [1.82, 2.24) is 36.7 Å². The van der Waals surface area contributed by atoms with Crippen LogP contribution in [0.4, 0.5) is 14.4 Å². The lowest BCUT2D eigenvalue weighted by Gasteiger charge is -2.37. The van der Waals surface area contributed by atoms with E-state index in [0.717, 1.165) is 16.8 Å². The van der Waals surface area contributed by atoms with E-state index in [1.165, 1.54) is 12.1 Å². The number of carbonyl (C=O) groups excluding carboxylic acids is 6. The second-order valence-electron chi connectivity index (χ2n) is 21.7. The molecular weight excluding hydrogens is 1000 g/mol. The van der Waals surface area contributed by atoms with Crippen LogP contribution in [0, 0.1) is 10.8 Å². The number of carbonyl (C=O) groups is 6. The lowest BCUT2D eigenvalue weighted by molar-refractivity contribution is -0.156. The maximum atomic E-state index is 15.0. The van der Waals surface area contributed by atoms with Crippen LogP contribution < -0.4 is 26.7 Å². The van der Waals surface area contributed by atoms with E-state index in [9.17, 15) is 24.0 Å². The molecule has 4 rings (SSSR count). The third-order valence-electron chi connectivity index (χ3n) is 11.8. The van der Waals surface area contributed by atoms with Crippen molar-refractivity contribution in [1.29, 1.82) is 0 Å². The molecule has 1 heterocycles. The number of amides is 5. The molecule has 0 saturated carbocycles. The lowest BCUT2D eigenvalue weighted by atomic mass is 9.85. The third-order valence-corrected chi connectivity index (χ3v) is 11.8. The van der Waals surface area contributed by atoms with Crippen LogP contribution in [0.25, 0.3) is 11.3 Å². The Labute approximate surface area is 459 Å². The zero-order valence-electron chi connectivity index (χ0n) is 47.1. The predicted molar refractivity (Wildman–Crippen MR) is 294 cm³/mol. The molecular formula is C58H81N7O13. The Morgan fingerprint density at radius 3 is 1.67 bits per heavy atom. The van der Waals surface area contributed by atoms with Crippen molar-refractivity contribution in [3.8, 4) is 11.3 Å². The first-order valence-corrected chi connectivity index (χ1v) is 26.0. The highest BCUT2D eigenvalue weighted by Crippen LogP contribution is 2.24. The molecule has 0 fully saturated rings. The highest BCUT2D eigenvalue weighted by Gasteiger charge is 2.40. The molecule has 5 atom stereocenters. The molecule has 0 saturated heterocycles. The van der Waals surface area contributed by atoms with Crippen LogP contribution in [0.3, 0.4) is 0 Å². The monoisotopic (exact) mass is 1080 g/mol. The van der Waals surface area contributed by atoms with E-state index >= 15 is 4.79 Å². The summed E-state index contributed by atoms with van der Waals surface area (Å²) in [7, 11) is 2.77. The van der Waals surface area contributed by atoms with Gasteiger partial charge in [0, 0.05) is 31.8 Å². The number of hydrogen-bond donors (Lipinski definition) is 5. The van der Waals surface area contributed by atoms with Gasteiger partial charge in [-0.25, -0.2) is 24.2 Å². The third kappa shape index (κ3) is 23.2. The predicted octanol–water partition coefficient (Wildman–Crippen LogP) is 6.95. The molecule has 426 valence electrons. The van der Waals surface area contributed by atoms with Gasteiger partial charge in [-0.1, -0.05) is 133 Å². The maximum Gasteiger partial charge on any atom is 0.408 e. The van der Waals surface area contributed by atoms with E-state index in [1.54, 1.807) is 99.9 Å². The van der Waals surface area contributed by atoms with E-state index in [1.807, 2.05) is 78.9 Å². The SMILES string of the molecule is COCCOCCOCCOC(=O)NC(C(=O)NC(Cc1ccccc1)C(CN(Cc1ccc(-c2ccccn2)cc1)NC(=O)C(NC(=O)OC)C(C)(C)C)OC(=O)C(Cc1ccccc1)NC(=O)OC(C)(C)C)C(C)(C)C. The minimum Gasteiger partial charge on any atom is -0.457 e. The summed E-state index contributed by atoms with van der Waals surface area (Å²) in [5.41, 5.74) is 4.04. The number of hydrogen-bond acceptors (Lipinski definition) is 15. The summed E-state index contributed by atoms with van der Waals surface area (Å²) < 4.78 is 38.5. The Morgan fingerprint density at radius 1 is 0.564 bits per heavy atom. The van der Waals surface area contributed by atoms with Gasteiger partial charge >= 0.3 is 24.2 Å². The summed E-state index contributed by atoms with van der Waals surface area (Å²) in [5.74, 6) is -2.16. The Bertz CT molecular complexity index is 2470. The molecule has 0 aliphatic heterocycles. The molecule has 0 radical (unpaired) electrons. The minimum absolute atomic E-state index is 0.00947. The van der Waals surface area contributed by atoms with Crippen LogP contribution in [0.15, 0.2) is 109 Å². The average molecular weight is 1080 g/mol. The summed E-state index contributed by atoms with van der Waals surface area (Å²) in [6.07, 6.45) is -2.16. The number of methoxy groups -OCH3 is 2. The average Bonchev–Trinajstić information content (AvgIpc) is 3.40. The van der Waals surface area contributed by atoms with Gasteiger partial charge in [-0.15, -0.1) is 0 Å². The number of aromatic nitrogens is 1.